The molecule has 0 aliphatic carbocycles. The summed E-state index contributed by atoms with van der Waals surface area (Å²) in [5.74, 6) is -0.0504. The second-order valence-corrected chi connectivity index (χ2v) is 5.60. The molecule has 0 saturated carbocycles. The lowest BCUT2D eigenvalue weighted by molar-refractivity contribution is -0.115. The lowest BCUT2D eigenvalue weighted by Crippen LogP contribution is -2.21. The first-order valence-electron chi connectivity index (χ1n) is 7.57. The van der Waals surface area contributed by atoms with Crippen molar-refractivity contribution in [2.45, 2.75) is 27.2 Å². The fraction of sp³-hybridized carbons (Fsp3) is 0.222. The number of aromatic nitrogens is 1. The van der Waals surface area contributed by atoms with Crippen molar-refractivity contribution >= 4 is 23.3 Å². The summed E-state index contributed by atoms with van der Waals surface area (Å²) in [5, 5.41) is 6.65. The van der Waals surface area contributed by atoms with E-state index in [1.165, 1.54) is 0 Å². The molecule has 0 bridgehead atoms. The van der Waals surface area contributed by atoms with Crippen molar-refractivity contribution in [3.63, 3.8) is 0 Å². The summed E-state index contributed by atoms with van der Waals surface area (Å²) in [5.41, 5.74) is 5.56. The van der Waals surface area contributed by atoms with Gasteiger partial charge in [-0.05, 0) is 50.6 Å². The van der Waals surface area contributed by atoms with Crippen LogP contribution in [0.1, 0.15) is 34.8 Å². The molecule has 0 spiro atoms. The van der Waals surface area contributed by atoms with Crippen LogP contribution in [0.5, 0.6) is 0 Å². The Labute approximate surface area is 141 Å². The van der Waals surface area contributed by atoms with Gasteiger partial charge in [0.1, 0.15) is 5.82 Å². The topological polar surface area (TPSA) is 83.4 Å². The molecule has 0 unspecified atom stereocenters. The van der Waals surface area contributed by atoms with Gasteiger partial charge in [-0.15, -0.1) is 0 Å². The van der Waals surface area contributed by atoms with Crippen molar-refractivity contribution in [1.29, 1.82) is 0 Å². The zero-order valence-electron chi connectivity index (χ0n) is 14.0. The van der Waals surface area contributed by atoms with Gasteiger partial charge in [0.25, 0.3) is 5.91 Å². The van der Waals surface area contributed by atoms with Crippen LogP contribution < -0.4 is 10.7 Å². The predicted octanol–water partition coefficient (Wildman–Crippen LogP) is 2.83. The summed E-state index contributed by atoms with van der Waals surface area (Å²) in [6.45, 7) is 5.55. The highest BCUT2D eigenvalue weighted by Gasteiger charge is 2.07. The maximum absolute atomic E-state index is 11.9. The molecule has 124 valence electrons. The average molecular weight is 324 g/mol. The molecule has 2 N–H and O–H groups in total. The molecule has 1 aromatic heterocycles. The van der Waals surface area contributed by atoms with E-state index < -0.39 is 0 Å². The number of rotatable bonds is 5. The molecule has 6 nitrogen and oxygen atoms in total. The van der Waals surface area contributed by atoms with Crippen LogP contribution >= 0.6 is 0 Å². The highest BCUT2D eigenvalue weighted by atomic mass is 16.2. The number of nitrogens with one attached hydrogen (secondary N) is 2. The smallest absolute Gasteiger partial charge is 0.271 e. The molecule has 1 aromatic carbocycles. The SMILES string of the molecule is C/C(CC(=O)Nc1cc(C)ccn1)=N\NC(=O)c1ccc(C)cc1. The number of hydrazone groups is 1. The average Bonchev–Trinajstić information content (AvgIpc) is 2.53. The highest BCUT2D eigenvalue weighted by Crippen LogP contribution is 2.06. The summed E-state index contributed by atoms with van der Waals surface area (Å²) in [6, 6.07) is 10.8. The van der Waals surface area contributed by atoms with Crippen LogP contribution in [0.3, 0.4) is 0 Å². The van der Waals surface area contributed by atoms with Crippen molar-refractivity contribution < 1.29 is 9.59 Å². The van der Waals surface area contributed by atoms with Gasteiger partial charge in [-0.3, -0.25) is 9.59 Å². The van der Waals surface area contributed by atoms with Gasteiger partial charge in [-0.1, -0.05) is 17.7 Å². The fourth-order valence-electron chi connectivity index (χ4n) is 1.98. The minimum atomic E-state index is -0.310. The molecule has 0 aliphatic rings. The van der Waals surface area contributed by atoms with Crippen molar-refractivity contribution in [3.8, 4) is 0 Å². The normalized spacial score (nSPS) is 11.0. The Balaban J connectivity index is 1.87. The van der Waals surface area contributed by atoms with Crippen LogP contribution in [0.15, 0.2) is 47.7 Å². The van der Waals surface area contributed by atoms with Crippen LogP contribution in [0.25, 0.3) is 0 Å². The molecule has 6 heteroatoms. The van der Waals surface area contributed by atoms with Gasteiger partial charge in [-0.2, -0.15) is 5.10 Å². The first-order chi connectivity index (χ1) is 11.4. The van der Waals surface area contributed by atoms with Gasteiger partial charge in [0.2, 0.25) is 5.91 Å². The Morgan fingerprint density at radius 1 is 1.08 bits per heavy atom. The maximum atomic E-state index is 11.9. The zero-order chi connectivity index (χ0) is 17.5. The minimum Gasteiger partial charge on any atom is -0.310 e. The molecule has 2 rings (SSSR count). The molecule has 2 amide bonds. The fourth-order valence-corrected chi connectivity index (χ4v) is 1.98. The van der Waals surface area contributed by atoms with E-state index in [0.29, 0.717) is 17.1 Å². The number of pyridine rings is 1. The van der Waals surface area contributed by atoms with E-state index in [1.807, 2.05) is 32.0 Å². The van der Waals surface area contributed by atoms with E-state index in [2.05, 4.69) is 20.8 Å². The molecule has 2 aromatic rings. The van der Waals surface area contributed by atoms with Crippen molar-refractivity contribution in [3.05, 3.63) is 59.3 Å². The molecular formula is C18H20N4O2. The maximum Gasteiger partial charge on any atom is 0.271 e. The lowest BCUT2D eigenvalue weighted by Gasteiger charge is -2.05. The van der Waals surface area contributed by atoms with Gasteiger partial charge >= 0.3 is 0 Å². The second kappa shape index (κ2) is 8.01. The number of hydrogen-bond acceptors (Lipinski definition) is 4. The van der Waals surface area contributed by atoms with E-state index in [0.717, 1.165) is 11.1 Å². The van der Waals surface area contributed by atoms with Gasteiger partial charge in [0.15, 0.2) is 0 Å². The Hall–Kier alpha value is -3.02. The number of carbonyl (C=O) groups excluding carboxylic acids is 2. The van der Waals surface area contributed by atoms with Crippen LogP contribution in [0.2, 0.25) is 0 Å². The number of hydrogen-bond donors (Lipinski definition) is 2. The number of aryl methyl sites for hydroxylation is 2. The molecule has 0 saturated heterocycles. The summed E-state index contributed by atoms with van der Waals surface area (Å²) in [7, 11) is 0. The van der Waals surface area contributed by atoms with Crippen molar-refractivity contribution in [2.75, 3.05) is 5.32 Å². The largest absolute Gasteiger partial charge is 0.310 e. The van der Waals surface area contributed by atoms with E-state index in [9.17, 15) is 9.59 Å². The molecular weight excluding hydrogens is 304 g/mol. The summed E-state index contributed by atoms with van der Waals surface area (Å²) >= 11 is 0. The van der Waals surface area contributed by atoms with Crippen LogP contribution in [-0.2, 0) is 4.79 Å². The van der Waals surface area contributed by atoms with E-state index in [4.69, 9.17) is 0 Å². The highest BCUT2D eigenvalue weighted by molar-refractivity contribution is 6.05. The number of amides is 2. The third-order valence-corrected chi connectivity index (χ3v) is 3.26. The second-order valence-electron chi connectivity index (χ2n) is 5.60. The first-order valence-corrected chi connectivity index (χ1v) is 7.57. The summed E-state index contributed by atoms with van der Waals surface area (Å²) in [6.07, 6.45) is 1.71. The van der Waals surface area contributed by atoms with Gasteiger partial charge in [0.05, 0.1) is 6.42 Å². The van der Waals surface area contributed by atoms with Gasteiger partial charge in [0, 0.05) is 17.5 Å². The molecule has 24 heavy (non-hydrogen) atoms. The standard InChI is InChI=1S/C18H20N4O2/c1-12-4-6-15(7-5-12)18(24)22-21-14(3)11-17(23)20-16-10-13(2)8-9-19-16/h4-10H,11H2,1-3H3,(H,22,24)(H,19,20,23)/b21-14+. The van der Waals surface area contributed by atoms with Crippen LogP contribution in [0.4, 0.5) is 5.82 Å². The Morgan fingerprint density at radius 2 is 1.79 bits per heavy atom. The Morgan fingerprint density at radius 3 is 2.46 bits per heavy atom. The van der Waals surface area contributed by atoms with E-state index in [1.54, 1.807) is 31.3 Å². The summed E-state index contributed by atoms with van der Waals surface area (Å²) < 4.78 is 0. The van der Waals surface area contributed by atoms with Crippen LogP contribution in [0, 0.1) is 13.8 Å². The molecule has 1 heterocycles. The molecule has 0 aliphatic heterocycles. The Kier molecular flexibility index (Phi) is 5.78. The monoisotopic (exact) mass is 324 g/mol. The number of nitrogens with zero attached hydrogens (tertiary/aromatic N) is 2. The first kappa shape index (κ1) is 17.3. The van der Waals surface area contributed by atoms with Gasteiger partial charge in [-0.25, -0.2) is 10.4 Å². The zero-order valence-corrected chi connectivity index (χ0v) is 14.0. The molecule has 0 fully saturated rings. The Bertz CT molecular complexity index is 767. The third kappa shape index (κ3) is 5.31. The quantitative estimate of drug-likeness (QED) is 0.655. The van der Waals surface area contributed by atoms with Crippen molar-refractivity contribution in [2.24, 2.45) is 5.10 Å². The van der Waals surface area contributed by atoms with E-state index in [-0.39, 0.29) is 18.2 Å². The predicted molar refractivity (Wildman–Crippen MR) is 94.0 cm³/mol. The third-order valence-electron chi connectivity index (χ3n) is 3.26. The van der Waals surface area contributed by atoms with Crippen LogP contribution in [-0.4, -0.2) is 22.5 Å². The minimum absolute atomic E-state index is 0.0732. The van der Waals surface area contributed by atoms with E-state index >= 15 is 0 Å². The summed E-state index contributed by atoms with van der Waals surface area (Å²) in [4.78, 5) is 28.0. The van der Waals surface area contributed by atoms with Crippen molar-refractivity contribution in [1.82, 2.24) is 10.4 Å². The number of anilines is 1. The number of carbonyl (C=O) groups is 2. The number of benzene rings is 1. The van der Waals surface area contributed by atoms with Gasteiger partial charge < -0.3 is 5.32 Å². The molecule has 0 atom stereocenters. The molecule has 0 radical (unpaired) electrons. The lowest BCUT2D eigenvalue weighted by atomic mass is 10.1.